The quantitative estimate of drug-likeness (QED) is 0.795. The second-order valence-electron chi connectivity index (χ2n) is 4.73. The average Bonchev–Trinajstić information content (AvgIpc) is 2.84. The molecule has 0 aliphatic heterocycles. The van der Waals surface area contributed by atoms with E-state index in [4.69, 9.17) is 4.42 Å². The van der Waals surface area contributed by atoms with Crippen LogP contribution in [0.2, 0.25) is 0 Å². The predicted octanol–water partition coefficient (Wildman–Crippen LogP) is 2.87. The predicted molar refractivity (Wildman–Crippen MR) is 70.9 cm³/mol. The van der Waals surface area contributed by atoms with Gasteiger partial charge in [0.1, 0.15) is 0 Å². The lowest BCUT2D eigenvalue weighted by Crippen LogP contribution is -2.16. The van der Waals surface area contributed by atoms with E-state index in [0.29, 0.717) is 24.2 Å². The first-order chi connectivity index (χ1) is 8.75. The summed E-state index contributed by atoms with van der Waals surface area (Å²) in [5.41, 5.74) is 0.957. The van der Waals surface area contributed by atoms with Crippen molar-refractivity contribution in [2.75, 3.05) is 6.54 Å². The fraction of sp³-hybridized carbons (Fsp3) is 0.429. The fourth-order valence-corrected chi connectivity index (χ4v) is 1.61. The zero-order chi connectivity index (χ0) is 12.8. The summed E-state index contributed by atoms with van der Waals surface area (Å²) in [6.07, 6.45) is 1.15. The van der Waals surface area contributed by atoms with Gasteiger partial charge in [-0.15, -0.1) is 10.2 Å². The highest BCUT2D eigenvalue weighted by Crippen LogP contribution is 2.16. The summed E-state index contributed by atoms with van der Waals surface area (Å²) in [5, 5.41) is 11.4. The van der Waals surface area contributed by atoms with Gasteiger partial charge in [0.25, 0.3) is 0 Å². The third-order valence-electron chi connectivity index (χ3n) is 2.66. The van der Waals surface area contributed by atoms with Crippen molar-refractivity contribution in [3.05, 3.63) is 36.2 Å². The number of benzene rings is 1. The molecule has 4 nitrogen and oxygen atoms in total. The van der Waals surface area contributed by atoms with Crippen LogP contribution in [0.4, 0.5) is 0 Å². The zero-order valence-corrected chi connectivity index (χ0v) is 10.9. The van der Waals surface area contributed by atoms with E-state index in [-0.39, 0.29) is 0 Å². The lowest BCUT2D eigenvalue weighted by Gasteiger charge is -2.04. The van der Waals surface area contributed by atoms with Crippen LogP contribution in [0, 0.1) is 5.92 Å². The number of nitrogens with one attached hydrogen (secondary N) is 1. The maximum atomic E-state index is 5.59. The van der Waals surface area contributed by atoms with Crippen molar-refractivity contribution in [1.82, 2.24) is 15.5 Å². The van der Waals surface area contributed by atoms with Crippen LogP contribution in [0.1, 0.15) is 26.2 Å². The first kappa shape index (κ1) is 12.8. The van der Waals surface area contributed by atoms with Crippen LogP contribution >= 0.6 is 0 Å². The Morgan fingerprint density at radius 2 is 1.94 bits per heavy atom. The van der Waals surface area contributed by atoms with Crippen molar-refractivity contribution in [2.45, 2.75) is 26.8 Å². The van der Waals surface area contributed by atoms with E-state index in [1.54, 1.807) is 0 Å². The van der Waals surface area contributed by atoms with Gasteiger partial charge >= 0.3 is 0 Å². The van der Waals surface area contributed by atoms with Crippen molar-refractivity contribution < 1.29 is 4.42 Å². The summed E-state index contributed by atoms with van der Waals surface area (Å²) in [7, 11) is 0. The van der Waals surface area contributed by atoms with E-state index in [0.717, 1.165) is 18.5 Å². The molecular weight excluding hydrogens is 226 g/mol. The standard InChI is InChI=1S/C14H19N3O/c1-11(2)8-9-15-10-13-16-17-14(18-13)12-6-4-3-5-7-12/h3-7,11,15H,8-10H2,1-2H3. The molecule has 0 bridgehead atoms. The molecule has 0 aliphatic rings. The van der Waals surface area contributed by atoms with Crippen LogP contribution in [0.15, 0.2) is 34.7 Å². The second kappa shape index (κ2) is 6.31. The Morgan fingerprint density at radius 3 is 2.67 bits per heavy atom. The highest BCUT2D eigenvalue weighted by molar-refractivity contribution is 5.51. The van der Waals surface area contributed by atoms with Crippen LogP contribution in [0.5, 0.6) is 0 Å². The molecule has 96 valence electrons. The Bertz CT molecular complexity index is 465. The van der Waals surface area contributed by atoms with Crippen LogP contribution in [-0.4, -0.2) is 16.7 Å². The third kappa shape index (κ3) is 3.67. The van der Waals surface area contributed by atoms with Crippen molar-refractivity contribution in [3.63, 3.8) is 0 Å². The van der Waals surface area contributed by atoms with Gasteiger partial charge in [0, 0.05) is 5.56 Å². The maximum absolute atomic E-state index is 5.59. The first-order valence-electron chi connectivity index (χ1n) is 6.34. The van der Waals surface area contributed by atoms with E-state index in [1.807, 2.05) is 30.3 Å². The molecule has 0 saturated heterocycles. The lowest BCUT2D eigenvalue weighted by molar-refractivity contribution is 0.461. The van der Waals surface area contributed by atoms with Crippen molar-refractivity contribution in [3.8, 4) is 11.5 Å². The molecule has 1 aromatic heterocycles. The summed E-state index contributed by atoms with van der Waals surface area (Å²) in [6, 6.07) is 9.81. The van der Waals surface area contributed by atoms with Crippen molar-refractivity contribution >= 4 is 0 Å². The van der Waals surface area contributed by atoms with Gasteiger partial charge in [-0.3, -0.25) is 0 Å². The minimum Gasteiger partial charge on any atom is -0.419 e. The van der Waals surface area contributed by atoms with E-state index < -0.39 is 0 Å². The Kier molecular flexibility index (Phi) is 4.47. The summed E-state index contributed by atoms with van der Waals surface area (Å²) in [5.74, 6) is 1.92. The Hall–Kier alpha value is -1.68. The van der Waals surface area contributed by atoms with Gasteiger partial charge < -0.3 is 9.73 Å². The van der Waals surface area contributed by atoms with E-state index in [1.165, 1.54) is 0 Å². The lowest BCUT2D eigenvalue weighted by atomic mass is 10.1. The molecule has 0 spiro atoms. The van der Waals surface area contributed by atoms with Gasteiger partial charge in [-0.25, -0.2) is 0 Å². The SMILES string of the molecule is CC(C)CCNCc1nnc(-c2ccccc2)o1. The molecule has 4 heteroatoms. The summed E-state index contributed by atoms with van der Waals surface area (Å²) >= 11 is 0. The molecular formula is C14H19N3O. The molecule has 0 atom stereocenters. The molecule has 1 aromatic carbocycles. The van der Waals surface area contributed by atoms with Crippen molar-refractivity contribution in [1.29, 1.82) is 0 Å². The number of rotatable bonds is 6. The third-order valence-corrected chi connectivity index (χ3v) is 2.66. The second-order valence-corrected chi connectivity index (χ2v) is 4.73. The van der Waals surface area contributed by atoms with Crippen molar-refractivity contribution in [2.24, 2.45) is 5.92 Å². The van der Waals surface area contributed by atoms with Crippen LogP contribution in [0.25, 0.3) is 11.5 Å². The van der Waals surface area contributed by atoms with Gasteiger partial charge in [0.2, 0.25) is 11.8 Å². The van der Waals surface area contributed by atoms with Gasteiger partial charge in [-0.05, 0) is 31.0 Å². The highest BCUT2D eigenvalue weighted by Gasteiger charge is 2.07. The molecule has 0 amide bonds. The number of hydrogen-bond acceptors (Lipinski definition) is 4. The minimum atomic E-state index is 0.580. The molecule has 0 radical (unpaired) electrons. The normalized spacial score (nSPS) is 11.1. The Labute approximate surface area is 107 Å². The molecule has 0 unspecified atom stereocenters. The van der Waals surface area contributed by atoms with E-state index >= 15 is 0 Å². The van der Waals surface area contributed by atoms with E-state index in [9.17, 15) is 0 Å². The van der Waals surface area contributed by atoms with Gasteiger partial charge in [-0.2, -0.15) is 0 Å². The van der Waals surface area contributed by atoms with Gasteiger partial charge in [0.15, 0.2) is 0 Å². The smallest absolute Gasteiger partial charge is 0.247 e. The summed E-state index contributed by atoms with van der Waals surface area (Å²) in [4.78, 5) is 0. The molecule has 0 saturated carbocycles. The minimum absolute atomic E-state index is 0.580. The summed E-state index contributed by atoms with van der Waals surface area (Å²) in [6.45, 7) is 6.02. The topological polar surface area (TPSA) is 51.0 Å². The largest absolute Gasteiger partial charge is 0.419 e. The van der Waals surface area contributed by atoms with Crippen LogP contribution in [-0.2, 0) is 6.54 Å². The summed E-state index contributed by atoms with van der Waals surface area (Å²) < 4.78 is 5.59. The molecule has 1 heterocycles. The zero-order valence-electron chi connectivity index (χ0n) is 10.9. The Morgan fingerprint density at radius 1 is 1.17 bits per heavy atom. The van der Waals surface area contributed by atoms with E-state index in [2.05, 4.69) is 29.4 Å². The number of hydrogen-bond donors (Lipinski definition) is 1. The fourth-order valence-electron chi connectivity index (χ4n) is 1.61. The molecule has 2 rings (SSSR count). The number of aromatic nitrogens is 2. The maximum Gasteiger partial charge on any atom is 0.247 e. The number of nitrogens with zero attached hydrogens (tertiary/aromatic N) is 2. The molecule has 2 aromatic rings. The van der Waals surface area contributed by atoms with Gasteiger partial charge in [0.05, 0.1) is 6.54 Å². The average molecular weight is 245 g/mol. The molecule has 1 N–H and O–H groups in total. The molecule has 0 aliphatic carbocycles. The van der Waals surface area contributed by atoms with Crippen LogP contribution in [0.3, 0.4) is 0 Å². The van der Waals surface area contributed by atoms with Crippen LogP contribution < -0.4 is 5.32 Å². The molecule has 18 heavy (non-hydrogen) atoms. The Balaban J connectivity index is 1.87. The monoisotopic (exact) mass is 245 g/mol. The molecule has 0 fully saturated rings. The highest BCUT2D eigenvalue weighted by atomic mass is 16.4. The van der Waals surface area contributed by atoms with Gasteiger partial charge in [-0.1, -0.05) is 32.0 Å². The first-order valence-corrected chi connectivity index (χ1v) is 6.34.